The number of hydrogen-bond acceptors (Lipinski definition) is 3. The number of carbonyl (C=O) groups excluding carboxylic acids is 1. The summed E-state index contributed by atoms with van der Waals surface area (Å²) in [5, 5.41) is 10.0. The Morgan fingerprint density at radius 2 is 2.07 bits per heavy atom. The number of hydrogen-bond donors (Lipinski definition) is 1. The third-order valence-corrected chi connectivity index (χ3v) is 5.04. The van der Waals surface area contributed by atoms with E-state index in [0.717, 1.165) is 29.8 Å². The molecule has 144 valence electrons. The lowest BCUT2D eigenvalue weighted by Gasteiger charge is -2.35. The van der Waals surface area contributed by atoms with E-state index in [4.69, 9.17) is 0 Å². The molecule has 3 rings (SSSR count). The van der Waals surface area contributed by atoms with Crippen LogP contribution in [0.15, 0.2) is 36.4 Å². The van der Waals surface area contributed by atoms with Crippen LogP contribution in [0.1, 0.15) is 55.1 Å². The second-order valence-electron chi connectivity index (χ2n) is 7.96. The summed E-state index contributed by atoms with van der Waals surface area (Å²) in [5.41, 5.74) is 2.15. The predicted molar refractivity (Wildman–Crippen MR) is 103 cm³/mol. The van der Waals surface area contributed by atoms with Crippen LogP contribution in [0, 0.1) is 12.7 Å². The fourth-order valence-electron chi connectivity index (χ4n) is 3.73. The lowest BCUT2D eigenvalue weighted by molar-refractivity contribution is -0.149. The zero-order valence-corrected chi connectivity index (χ0v) is 16.2. The maximum atomic E-state index is 14.0. The molecule has 2 heterocycles. The van der Waals surface area contributed by atoms with Crippen LogP contribution in [0.25, 0.3) is 0 Å². The van der Waals surface area contributed by atoms with Crippen LogP contribution in [0.3, 0.4) is 0 Å². The van der Waals surface area contributed by atoms with Gasteiger partial charge in [-0.1, -0.05) is 18.2 Å². The van der Waals surface area contributed by atoms with Crippen LogP contribution in [-0.2, 0) is 11.2 Å². The van der Waals surface area contributed by atoms with Gasteiger partial charge in [-0.3, -0.25) is 9.78 Å². The van der Waals surface area contributed by atoms with Crippen molar-refractivity contribution in [3.63, 3.8) is 0 Å². The average Bonchev–Trinajstić information content (AvgIpc) is 2.62. The number of likely N-dealkylation sites (tertiary alicyclic amines) is 1. The number of nitrogens with zero attached hydrogens (tertiary/aromatic N) is 2. The molecular weight excluding hydrogens is 343 g/mol. The number of benzene rings is 1. The molecule has 1 aromatic carbocycles. The van der Waals surface area contributed by atoms with Gasteiger partial charge in [-0.2, -0.15) is 0 Å². The zero-order chi connectivity index (χ0) is 19.6. The molecule has 1 atom stereocenters. The largest absolute Gasteiger partial charge is 0.381 e. The van der Waals surface area contributed by atoms with Gasteiger partial charge in [0.05, 0.1) is 0 Å². The summed E-state index contributed by atoms with van der Waals surface area (Å²) < 4.78 is 14.0. The highest BCUT2D eigenvalue weighted by atomic mass is 19.1. The molecule has 1 aliphatic rings. The van der Waals surface area contributed by atoms with E-state index in [-0.39, 0.29) is 17.6 Å². The van der Waals surface area contributed by atoms with E-state index in [1.54, 1.807) is 17.0 Å². The number of halogens is 1. The molecule has 0 unspecified atom stereocenters. The highest BCUT2D eigenvalue weighted by Crippen LogP contribution is 2.28. The fraction of sp³-hybridized carbons (Fsp3) is 0.455. The van der Waals surface area contributed by atoms with Crippen molar-refractivity contribution in [2.75, 3.05) is 13.1 Å². The van der Waals surface area contributed by atoms with Gasteiger partial charge in [-0.05, 0) is 62.9 Å². The number of aliphatic hydroxyl groups is 1. The molecule has 1 aromatic heterocycles. The molecule has 0 radical (unpaired) electrons. The molecule has 1 fully saturated rings. The number of rotatable bonds is 4. The Bertz CT molecular complexity index is 829. The Labute approximate surface area is 160 Å². The van der Waals surface area contributed by atoms with Gasteiger partial charge >= 0.3 is 0 Å². The number of aryl methyl sites for hydroxylation is 1. The monoisotopic (exact) mass is 370 g/mol. The minimum atomic E-state index is -1.36. The Morgan fingerprint density at radius 3 is 2.78 bits per heavy atom. The van der Waals surface area contributed by atoms with E-state index in [1.165, 1.54) is 19.9 Å². The number of carbonyl (C=O) groups is 1. The van der Waals surface area contributed by atoms with Crippen LogP contribution < -0.4 is 0 Å². The van der Waals surface area contributed by atoms with E-state index in [9.17, 15) is 14.3 Å². The third-order valence-electron chi connectivity index (χ3n) is 5.04. The topological polar surface area (TPSA) is 53.4 Å². The predicted octanol–water partition coefficient (Wildman–Crippen LogP) is 3.60. The molecule has 2 aromatic rings. The number of aromatic nitrogens is 1. The van der Waals surface area contributed by atoms with Crippen LogP contribution in [0.2, 0.25) is 0 Å². The average molecular weight is 370 g/mol. The standard InChI is InChI=1S/C22H27FN2O2/c1-15-11-16(12-17-7-4-5-9-19(17)23)13-20(24-15)18-8-6-10-25(14-18)21(26)22(2,3)27/h4-5,7,9,11,13,18,27H,6,8,10,12,14H2,1-3H3/t18-/m0/s1. The van der Waals surface area contributed by atoms with Crippen molar-refractivity contribution in [1.29, 1.82) is 0 Å². The van der Waals surface area contributed by atoms with Crippen molar-refractivity contribution in [2.45, 2.75) is 51.6 Å². The molecule has 4 nitrogen and oxygen atoms in total. The first-order chi connectivity index (χ1) is 12.7. The summed E-state index contributed by atoms with van der Waals surface area (Å²) in [7, 11) is 0. The summed E-state index contributed by atoms with van der Waals surface area (Å²) in [5.74, 6) is -0.316. The van der Waals surface area contributed by atoms with E-state index in [2.05, 4.69) is 4.98 Å². The van der Waals surface area contributed by atoms with Gasteiger partial charge < -0.3 is 10.0 Å². The van der Waals surface area contributed by atoms with Gasteiger partial charge in [0.1, 0.15) is 11.4 Å². The third kappa shape index (κ3) is 4.72. The minimum absolute atomic E-state index is 0.129. The van der Waals surface area contributed by atoms with Crippen molar-refractivity contribution in [3.05, 3.63) is 64.7 Å². The molecule has 1 aliphatic heterocycles. The second kappa shape index (κ2) is 7.77. The summed E-state index contributed by atoms with van der Waals surface area (Å²) in [4.78, 5) is 18.8. The first kappa shape index (κ1) is 19.5. The smallest absolute Gasteiger partial charge is 0.253 e. The van der Waals surface area contributed by atoms with Crippen molar-refractivity contribution in [1.82, 2.24) is 9.88 Å². The second-order valence-corrected chi connectivity index (χ2v) is 7.96. The number of amides is 1. The van der Waals surface area contributed by atoms with Crippen LogP contribution in [0.5, 0.6) is 0 Å². The van der Waals surface area contributed by atoms with Gasteiger partial charge in [0.2, 0.25) is 0 Å². The molecule has 5 heteroatoms. The van der Waals surface area contributed by atoms with Crippen LogP contribution >= 0.6 is 0 Å². The van der Waals surface area contributed by atoms with Crippen LogP contribution in [0.4, 0.5) is 4.39 Å². The zero-order valence-electron chi connectivity index (χ0n) is 16.2. The molecule has 0 spiro atoms. The SMILES string of the molecule is Cc1cc(Cc2ccccc2F)cc([C@H]2CCCN(C(=O)C(C)(C)O)C2)n1. The van der Waals surface area contributed by atoms with Gasteiger partial charge in [0.25, 0.3) is 5.91 Å². The first-order valence-electron chi connectivity index (χ1n) is 9.46. The lowest BCUT2D eigenvalue weighted by Crippen LogP contribution is -2.48. The van der Waals surface area contributed by atoms with E-state index in [0.29, 0.717) is 25.1 Å². The van der Waals surface area contributed by atoms with E-state index < -0.39 is 5.60 Å². The van der Waals surface area contributed by atoms with Crippen molar-refractivity contribution in [3.8, 4) is 0 Å². The van der Waals surface area contributed by atoms with Crippen molar-refractivity contribution < 1.29 is 14.3 Å². The Morgan fingerprint density at radius 1 is 1.33 bits per heavy atom. The maximum Gasteiger partial charge on any atom is 0.253 e. The Kier molecular flexibility index (Phi) is 5.61. The maximum absolute atomic E-state index is 14.0. The normalized spacial score (nSPS) is 17.8. The lowest BCUT2D eigenvalue weighted by atomic mass is 9.91. The van der Waals surface area contributed by atoms with Crippen molar-refractivity contribution in [2.24, 2.45) is 0 Å². The number of piperidine rings is 1. The summed E-state index contributed by atoms with van der Waals surface area (Å²) in [6.07, 6.45) is 2.35. The fourth-order valence-corrected chi connectivity index (χ4v) is 3.73. The molecule has 0 bridgehead atoms. The molecule has 0 saturated carbocycles. The van der Waals surface area contributed by atoms with Gasteiger partial charge in [-0.25, -0.2) is 4.39 Å². The first-order valence-corrected chi connectivity index (χ1v) is 9.46. The Hall–Kier alpha value is -2.27. The van der Waals surface area contributed by atoms with Crippen molar-refractivity contribution >= 4 is 5.91 Å². The summed E-state index contributed by atoms with van der Waals surface area (Å²) in [6.45, 7) is 6.20. The quantitative estimate of drug-likeness (QED) is 0.895. The van der Waals surface area contributed by atoms with E-state index in [1.807, 2.05) is 25.1 Å². The molecule has 1 N–H and O–H groups in total. The highest BCUT2D eigenvalue weighted by Gasteiger charge is 2.33. The molecule has 0 aliphatic carbocycles. The number of pyridine rings is 1. The summed E-state index contributed by atoms with van der Waals surface area (Å²) >= 11 is 0. The van der Waals surface area contributed by atoms with Gasteiger partial charge in [-0.15, -0.1) is 0 Å². The van der Waals surface area contributed by atoms with E-state index >= 15 is 0 Å². The molecule has 1 saturated heterocycles. The Balaban J connectivity index is 1.81. The molecule has 27 heavy (non-hydrogen) atoms. The minimum Gasteiger partial charge on any atom is -0.381 e. The van der Waals surface area contributed by atoms with Gasteiger partial charge in [0.15, 0.2) is 0 Å². The molecule has 1 amide bonds. The van der Waals surface area contributed by atoms with Gasteiger partial charge in [0, 0.05) is 36.8 Å². The molecular formula is C22H27FN2O2. The highest BCUT2D eigenvalue weighted by molar-refractivity contribution is 5.84. The van der Waals surface area contributed by atoms with Crippen LogP contribution in [-0.4, -0.2) is 39.6 Å². The summed E-state index contributed by atoms with van der Waals surface area (Å²) in [6, 6.07) is 10.8.